The van der Waals surface area contributed by atoms with Gasteiger partial charge in [0.05, 0.1) is 23.8 Å². The zero-order valence-electron chi connectivity index (χ0n) is 15.2. The summed E-state index contributed by atoms with van der Waals surface area (Å²) in [5, 5.41) is 4.03. The highest BCUT2D eigenvalue weighted by Gasteiger charge is 2.18. The molecule has 0 saturated carbocycles. The number of aryl methyl sites for hydroxylation is 2. The largest absolute Gasteiger partial charge is 0.448 e. The molecule has 0 bridgehead atoms. The number of ether oxygens (including phenoxy) is 1. The Morgan fingerprint density at radius 2 is 1.96 bits per heavy atom. The fourth-order valence-corrected chi connectivity index (χ4v) is 3.14. The number of carbonyl (C=O) groups is 1. The fourth-order valence-electron chi connectivity index (χ4n) is 3.14. The molecule has 3 rings (SSSR count). The van der Waals surface area contributed by atoms with E-state index in [9.17, 15) is 9.59 Å². The van der Waals surface area contributed by atoms with Crippen molar-refractivity contribution in [2.75, 3.05) is 12.3 Å². The molecule has 0 aliphatic carbocycles. The monoisotopic (exact) mass is 357 g/mol. The molecule has 0 unspecified atom stereocenters. The van der Waals surface area contributed by atoms with E-state index < -0.39 is 6.09 Å². The molecule has 3 aromatic rings. The van der Waals surface area contributed by atoms with Crippen molar-refractivity contribution in [1.29, 1.82) is 0 Å². The van der Waals surface area contributed by atoms with Crippen LogP contribution in [-0.2, 0) is 17.8 Å². The van der Waals surface area contributed by atoms with Crippen molar-refractivity contribution in [2.45, 2.75) is 40.3 Å². The normalized spacial score (nSPS) is 11.2. The van der Waals surface area contributed by atoms with E-state index in [2.05, 4.69) is 5.10 Å². The first-order valence-electron chi connectivity index (χ1n) is 8.77. The van der Waals surface area contributed by atoms with Crippen molar-refractivity contribution in [3.63, 3.8) is 0 Å². The number of benzene rings is 1. The highest BCUT2D eigenvalue weighted by Crippen LogP contribution is 2.28. The van der Waals surface area contributed by atoms with E-state index in [0.717, 1.165) is 27.7 Å². The van der Waals surface area contributed by atoms with Crippen molar-refractivity contribution < 1.29 is 9.53 Å². The van der Waals surface area contributed by atoms with E-state index >= 15 is 0 Å². The first-order valence-corrected chi connectivity index (χ1v) is 8.77. The molecule has 0 atom stereocenters. The van der Waals surface area contributed by atoms with Crippen LogP contribution in [0.1, 0.15) is 27.2 Å². The third kappa shape index (κ3) is 2.77. The van der Waals surface area contributed by atoms with E-state index in [1.165, 1.54) is 6.20 Å². The molecule has 8 nitrogen and oxygen atoms in total. The van der Waals surface area contributed by atoms with Crippen molar-refractivity contribution in [3.8, 4) is 11.1 Å². The van der Waals surface area contributed by atoms with Gasteiger partial charge in [-0.25, -0.2) is 9.59 Å². The minimum Gasteiger partial charge on any atom is -0.448 e. The molecule has 0 aliphatic rings. The van der Waals surface area contributed by atoms with E-state index in [4.69, 9.17) is 10.5 Å². The van der Waals surface area contributed by atoms with Crippen LogP contribution in [0.25, 0.3) is 22.2 Å². The molecule has 0 saturated heterocycles. The van der Waals surface area contributed by atoms with Crippen molar-refractivity contribution in [1.82, 2.24) is 18.9 Å². The number of nitrogens with two attached hydrogens (primary N) is 1. The first kappa shape index (κ1) is 17.8. The second-order valence-electron chi connectivity index (χ2n) is 5.94. The number of fused-ring (bicyclic) bond motifs is 1. The summed E-state index contributed by atoms with van der Waals surface area (Å²) in [6.07, 6.45) is 1.78. The second-order valence-corrected chi connectivity index (χ2v) is 5.94. The number of nitrogens with zero attached hydrogens (tertiary/aromatic N) is 4. The Bertz CT molecular complexity index is 1010. The van der Waals surface area contributed by atoms with Gasteiger partial charge in [-0.2, -0.15) is 5.10 Å². The smallest absolute Gasteiger partial charge is 0.436 e. The summed E-state index contributed by atoms with van der Waals surface area (Å²) < 4.78 is 9.51. The molecule has 1 aromatic carbocycles. The Labute approximate surface area is 150 Å². The number of imidazole rings is 1. The molecule has 8 heteroatoms. The molecular formula is C18H23N5O3. The quantitative estimate of drug-likeness (QED) is 0.757. The topological polar surface area (TPSA) is 97.1 Å². The number of hydrogen-bond donors (Lipinski definition) is 1. The summed E-state index contributed by atoms with van der Waals surface area (Å²) in [7, 11) is 0. The lowest BCUT2D eigenvalue weighted by molar-refractivity contribution is 0.151. The third-order valence-electron chi connectivity index (χ3n) is 4.34. The molecule has 2 aromatic heterocycles. The van der Waals surface area contributed by atoms with Gasteiger partial charge in [-0.15, -0.1) is 4.68 Å². The summed E-state index contributed by atoms with van der Waals surface area (Å²) in [6, 6.07) is 5.71. The summed E-state index contributed by atoms with van der Waals surface area (Å²) in [5.74, 6) is 0.210. The maximum Gasteiger partial charge on any atom is 0.436 e. The predicted molar refractivity (Wildman–Crippen MR) is 100 cm³/mol. The van der Waals surface area contributed by atoms with Gasteiger partial charge in [0.2, 0.25) is 0 Å². The average Bonchev–Trinajstić information content (AvgIpc) is 3.13. The Hall–Kier alpha value is -3.03. The molecule has 2 N–H and O–H groups in total. The third-order valence-corrected chi connectivity index (χ3v) is 4.34. The van der Waals surface area contributed by atoms with E-state index in [-0.39, 0.29) is 18.1 Å². The lowest BCUT2D eigenvalue weighted by Crippen LogP contribution is -2.23. The van der Waals surface area contributed by atoms with Crippen molar-refractivity contribution >= 4 is 22.9 Å². The Morgan fingerprint density at radius 1 is 1.19 bits per heavy atom. The van der Waals surface area contributed by atoms with Gasteiger partial charge in [0.1, 0.15) is 5.82 Å². The van der Waals surface area contributed by atoms with Crippen LogP contribution in [0.2, 0.25) is 0 Å². The summed E-state index contributed by atoms with van der Waals surface area (Å²) in [5.41, 5.74) is 9.22. The number of carbonyl (C=O) groups excluding carboxylic acids is 1. The van der Waals surface area contributed by atoms with Crippen LogP contribution in [0, 0.1) is 0 Å². The second kappa shape index (κ2) is 7.07. The molecular weight excluding hydrogens is 334 g/mol. The van der Waals surface area contributed by atoms with Gasteiger partial charge in [-0.3, -0.25) is 9.13 Å². The standard InChI is InChI=1S/C18H23N5O3/c1-4-9-22-15-10-12(7-8-14(15)21(5-2)17(22)24)13-11-20-23(16(13)19)18(25)26-6-3/h7-8,10-11H,4-6,9,19H2,1-3H3. The van der Waals surface area contributed by atoms with Gasteiger partial charge in [0, 0.05) is 18.7 Å². The zero-order chi connectivity index (χ0) is 18.8. The van der Waals surface area contributed by atoms with Gasteiger partial charge in [-0.1, -0.05) is 13.0 Å². The Kier molecular flexibility index (Phi) is 4.83. The highest BCUT2D eigenvalue weighted by atomic mass is 16.6. The van der Waals surface area contributed by atoms with Crippen LogP contribution in [0.15, 0.2) is 29.2 Å². The fraction of sp³-hybridized carbons (Fsp3) is 0.389. The van der Waals surface area contributed by atoms with Crippen molar-refractivity contribution in [2.24, 2.45) is 0 Å². The van der Waals surface area contributed by atoms with Crippen LogP contribution in [0.4, 0.5) is 10.6 Å². The highest BCUT2D eigenvalue weighted by molar-refractivity contribution is 5.87. The molecule has 0 fully saturated rings. The van der Waals surface area contributed by atoms with Gasteiger partial charge < -0.3 is 10.5 Å². The van der Waals surface area contributed by atoms with Gasteiger partial charge in [0.25, 0.3) is 0 Å². The number of nitrogen functional groups attached to an aromatic ring is 1. The van der Waals surface area contributed by atoms with Crippen molar-refractivity contribution in [3.05, 3.63) is 34.9 Å². The summed E-state index contributed by atoms with van der Waals surface area (Å²) >= 11 is 0. The maximum atomic E-state index is 12.6. The van der Waals surface area contributed by atoms with Crippen LogP contribution < -0.4 is 11.4 Å². The van der Waals surface area contributed by atoms with Gasteiger partial charge >= 0.3 is 11.8 Å². The molecule has 2 heterocycles. The lowest BCUT2D eigenvalue weighted by atomic mass is 10.1. The van der Waals surface area contributed by atoms with Crippen LogP contribution in [0.5, 0.6) is 0 Å². The predicted octanol–water partition coefficient (Wildman–Crippen LogP) is 2.68. The first-order chi connectivity index (χ1) is 12.5. The number of rotatable bonds is 5. The zero-order valence-corrected chi connectivity index (χ0v) is 15.2. The molecule has 138 valence electrons. The Morgan fingerprint density at radius 3 is 2.62 bits per heavy atom. The minimum atomic E-state index is -0.614. The minimum absolute atomic E-state index is 0.0170. The van der Waals surface area contributed by atoms with Gasteiger partial charge in [0.15, 0.2) is 0 Å². The lowest BCUT2D eigenvalue weighted by Gasteiger charge is -2.06. The van der Waals surface area contributed by atoms with E-state index in [0.29, 0.717) is 18.7 Å². The number of aromatic nitrogens is 4. The SMILES string of the molecule is CCCn1c(=O)n(CC)c2ccc(-c3cnn(C(=O)OCC)c3N)cc21. The Balaban J connectivity index is 2.14. The average molecular weight is 357 g/mol. The molecule has 26 heavy (non-hydrogen) atoms. The van der Waals surface area contributed by atoms with E-state index in [1.54, 1.807) is 16.1 Å². The van der Waals surface area contributed by atoms with Crippen LogP contribution in [0.3, 0.4) is 0 Å². The molecule has 0 spiro atoms. The summed E-state index contributed by atoms with van der Waals surface area (Å²) in [6.45, 7) is 7.20. The van der Waals surface area contributed by atoms with E-state index in [1.807, 2.05) is 32.0 Å². The number of anilines is 1. The number of hydrogen-bond acceptors (Lipinski definition) is 5. The van der Waals surface area contributed by atoms with Crippen LogP contribution >= 0.6 is 0 Å². The van der Waals surface area contributed by atoms with Gasteiger partial charge in [-0.05, 0) is 38.0 Å². The molecule has 0 radical (unpaired) electrons. The van der Waals surface area contributed by atoms with Crippen LogP contribution in [-0.4, -0.2) is 31.6 Å². The summed E-state index contributed by atoms with van der Waals surface area (Å²) in [4.78, 5) is 24.5. The molecule has 0 aliphatic heterocycles. The molecule has 0 amide bonds. The maximum absolute atomic E-state index is 12.6.